The van der Waals surface area contributed by atoms with E-state index in [0.717, 1.165) is 96.3 Å². The lowest BCUT2D eigenvalue weighted by atomic mass is 10.0. The van der Waals surface area contributed by atoms with Gasteiger partial charge in [0.25, 0.3) is 0 Å². The van der Waals surface area contributed by atoms with E-state index in [1.54, 1.807) is 0 Å². The van der Waals surface area contributed by atoms with Crippen LogP contribution in [-0.4, -0.2) is 80.6 Å². The maximum atomic E-state index is 12.8. The molecule has 1 N–H and O–H groups in total. The molecule has 8 heteroatoms. The minimum atomic E-state index is -0.880. The lowest BCUT2D eigenvalue weighted by Crippen LogP contribution is -2.50. The summed E-state index contributed by atoms with van der Waals surface area (Å²) in [6.45, 7) is 4.50. The van der Waals surface area contributed by atoms with Crippen LogP contribution < -0.4 is 0 Å². The van der Waals surface area contributed by atoms with Crippen molar-refractivity contribution in [2.24, 2.45) is 0 Å². The Labute approximate surface area is 393 Å². The lowest BCUT2D eigenvalue weighted by molar-refractivity contribution is -0.887. The molecule has 0 aromatic heterocycles. The molecule has 2 atom stereocenters. The Morgan fingerprint density at radius 2 is 0.828 bits per heavy atom. The number of hydrogen-bond acceptors (Lipinski definition) is 6. The Kier molecular flexibility index (Phi) is 43.5. The first kappa shape index (κ1) is 60.5. The van der Waals surface area contributed by atoms with Gasteiger partial charge >= 0.3 is 17.9 Å². The highest BCUT2D eigenvalue weighted by Crippen LogP contribution is 2.15. The van der Waals surface area contributed by atoms with Gasteiger partial charge in [0.2, 0.25) is 0 Å². The molecule has 64 heavy (non-hydrogen) atoms. The van der Waals surface area contributed by atoms with Crippen molar-refractivity contribution in [3.05, 3.63) is 85.1 Å². The fraction of sp³-hybridized carbons (Fsp3) is 0.696. The topological polar surface area (TPSA) is 99.1 Å². The van der Waals surface area contributed by atoms with Crippen LogP contribution in [0.1, 0.15) is 200 Å². The summed E-state index contributed by atoms with van der Waals surface area (Å²) in [6.07, 6.45) is 60.6. The van der Waals surface area contributed by atoms with Crippen LogP contribution in [0.2, 0.25) is 0 Å². The van der Waals surface area contributed by atoms with Gasteiger partial charge in [0, 0.05) is 19.3 Å². The van der Waals surface area contributed by atoms with Crippen molar-refractivity contribution in [3.8, 4) is 0 Å². The molecule has 0 bridgehead atoms. The molecular formula is C56H96NO7+. The van der Waals surface area contributed by atoms with Crippen molar-refractivity contribution in [3.63, 3.8) is 0 Å². The Morgan fingerprint density at radius 3 is 1.22 bits per heavy atom. The summed E-state index contributed by atoms with van der Waals surface area (Å²) in [4.78, 5) is 37.2. The number of aliphatic carboxylic acids is 1. The van der Waals surface area contributed by atoms with Crippen LogP contribution in [0, 0.1) is 0 Å². The van der Waals surface area contributed by atoms with Gasteiger partial charge in [-0.3, -0.25) is 9.59 Å². The van der Waals surface area contributed by atoms with Gasteiger partial charge in [0.05, 0.1) is 34.4 Å². The lowest BCUT2D eigenvalue weighted by Gasteiger charge is -2.31. The average molecular weight is 895 g/mol. The van der Waals surface area contributed by atoms with E-state index < -0.39 is 18.1 Å². The highest BCUT2D eigenvalue weighted by Gasteiger charge is 2.31. The number of nitrogens with zero attached hydrogens (tertiary/aromatic N) is 1. The second-order valence-corrected chi connectivity index (χ2v) is 18.0. The van der Waals surface area contributed by atoms with Crippen LogP contribution >= 0.6 is 0 Å². The van der Waals surface area contributed by atoms with Crippen molar-refractivity contribution in [2.45, 2.75) is 212 Å². The van der Waals surface area contributed by atoms with E-state index in [9.17, 15) is 19.5 Å². The van der Waals surface area contributed by atoms with Gasteiger partial charge in [-0.15, -0.1) is 0 Å². The van der Waals surface area contributed by atoms with E-state index in [4.69, 9.17) is 14.2 Å². The van der Waals surface area contributed by atoms with E-state index >= 15 is 0 Å². The van der Waals surface area contributed by atoms with Gasteiger partial charge in [-0.25, -0.2) is 4.79 Å². The Hall–Kier alpha value is -3.49. The van der Waals surface area contributed by atoms with E-state index in [0.29, 0.717) is 19.3 Å². The molecule has 0 fully saturated rings. The van der Waals surface area contributed by atoms with Gasteiger partial charge in [-0.1, -0.05) is 182 Å². The highest BCUT2D eigenvalue weighted by atomic mass is 16.6. The summed E-state index contributed by atoms with van der Waals surface area (Å²) in [5.41, 5.74) is 0. The number of carbonyl (C=O) groups is 3. The number of carboxylic acid groups (broad SMARTS) is 1. The molecule has 0 aliphatic carbocycles. The van der Waals surface area contributed by atoms with Crippen LogP contribution in [-0.2, 0) is 28.6 Å². The number of allylic oxidation sites excluding steroid dienone is 14. The standard InChI is InChI=1S/C56H95NO7/c1-6-8-10-12-14-16-18-20-22-24-26-27-29-31-33-35-37-39-41-43-45-47-55(59)64-52(50-62-49-48-53(56(60)61)57(3,4)5)51-63-54(58)46-44-42-40-38-36-34-32-30-28-25-23-21-19-17-15-13-11-9-7-2/h8-11,14-17,20-23,28,30,52-53H,6-7,12-13,18-19,24-27,29,31-51H2,1-5H3/p+1/b10-8+,11-9+,16-14+,17-15+,22-20+,23-21+,30-28+. The zero-order valence-electron chi connectivity index (χ0n) is 41.7. The summed E-state index contributed by atoms with van der Waals surface area (Å²) in [5, 5.41) is 9.66. The van der Waals surface area contributed by atoms with Crippen molar-refractivity contribution in [1.29, 1.82) is 0 Å². The largest absolute Gasteiger partial charge is 0.477 e. The van der Waals surface area contributed by atoms with Crippen molar-refractivity contribution >= 4 is 17.9 Å². The molecule has 0 rings (SSSR count). The number of carboxylic acids is 1. The van der Waals surface area contributed by atoms with E-state index in [2.05, 4.69) is 98.9 Å². The average Bonchev–Trinajstić information content (AvgIpc) is 3.26. The monoisotopic (exact) mass is 895 g/mol. The number of unbranched alkanes of at least 4 members (excludes halogenated alkanes) is 17. The molecule has 0 heterocycles. The molecule has 0 aliphatic heterocycles. The molecule has 0 aromatic rings. The normalized spacial score (nSPS) is 13.6. The van der Waals surface area contributed by atoms with Crippen molar-refractivity contribution < 1.29 is 38.2 Å². The molecule has 0 aliphatic rings. The number of hydrogen-bond donors (Lipinski definition) is 1. The molecule has 0 saturated carbocycles. The highest BCUT2D eigenvalue weighted by molar-refractivity contribution is 5.72. The van der Waals surface area contributed by atoms with Gasteiger partial charge in [0.1, 0.15) is 6.61 Å². The summed E-state index contributed by atoms with van der Waals surface area (Å²) in [5.74, 6) is -1.49. The van der Waals surface area contributed by atoms with Gasteiger partial charge in [0.15, 0.2) is 12.1 Å². The van der Waals surface area contributed by atoms with Gasteiger partial charge in [-0.2, -0.15) is 0 Å². The summed E-state index contributed by atoms with van der Waals surface area (Å²) >= 11 is 0. The quantitative estimate of drug-likeness (QED) is 0.0281. The molecule has 0 aromatic carbocycles. The molecule has 0 amide bonds. The van der Waals surface area contributed by atoms with Crippen molar-refractivity contribution in [2.75, 3.05) is 41.0 Å². The number of ether oxygens (including phenoxy) is 3. The number of likely N-dealkylation sites (N-methyl/N-ethyl adjacent to an activating group) is 1. The summed E-state index contributed by atoms with van der Waals surface area (Å²) in [7, 11) is 5.53. The van der Waals surface area contributed by atoms with Gasteiger partial charge in [-0.05, 0) is 83.5 Å². The fourth-order valence-corrected chi connectivity index (χ4v) is 7.16. The zero-order chi connectivity index (χ0) is 47.0. The molecule has 0 spiro atoms. The van der Waals surface area contributed by atoms with Crippen LogP contribution in [0.15, 0.2) is 85.1 Å². The Bertz CT molecular complexity index is 1320. The molecule has 0 saturated heterocycles. The molecule has 8 nitrogen and oxygen atoms in total. The zero-order valence-corrected chi connectivity index (χ0v) is 41.7. The minimum absolute atomic E-state index is 0.0515. The predicted molar refractivity (Wildman–Crippen MR) is 270 cm³/mol. The minimum Gasteiger partial charge on any atom is -0.477 e. The first-order chi connectivity index (χ1) is 31.1. The second-order valence-electron chi connectivity index (χ2n) is 18.0. The van der Waals surface area contributed by atoms with Crippen LogP contribution in [0.5, 0.6) is 0 Å². The summed E-state index contributed by atoms with van der Waals surface area (Å²) < 4.78 is 17.3. The van der Waals surface area contributed by atoms with Crippen LogP contribution in [0.4, 0.5) is 0 Å². The molecule has 0 radical (unpaired) electrons. The first-order valence-corrected chi connectivity index (χ1v) is 25.6. The van der Waals surface area contributed by atoms with Crippen LogP contribution in [0.25, 0.3) is 0 Å². The number of carbonyl (C=O) groups excluding carboxylic acids is 2. The number of quaternary nitrogens is 1. The van der Waals surface area contributed by atoms with Gasteiger partial charge < -0.3 is 23.8 Å². The fourth-order valence-electron chi connectivity index (χ4n) is 7.16. The summed E-state index contributed by atoms with van der Waals surface area (Å²) in [6, 6.07) is -0.622. The maximum Gasteiger partial charge on any atom is 0.362 e. The number of esters is 2. The van der Waals surface area contributed by atoms with Crippen LogP contribution in [0.3, 0.4) is 0 Å². The van der Waals surface area contributed by atoms with E-state index in [1.807, 2.05) is 21.1 Å². The second kappa shape index (κ2) is 46.1. The SMILES string of the molecule is CC/C=C/C/C=C/C/C=C/C/C=C/CCCCCCCCC(=O)OCC(COCCC(C(=O)O)[N+](C)(C)C)OC(=O)CCCCCCCCCCCCC/C=C/C/C=C/C/C=C/CC. The Balaban J connectivity index is 4.28. The smallest absolute Gasteiger partial charge is 0.362 e. The van der Waals surface area contributed by atoms with E-state index in [1.165, 1.54) is 70.6 Å². The van der Waals surface area contributed by atoms with E-state index in [-0.39, 0.29) is 36.2 Å². The first-order valence-electron chi connectivity index (χ1n) is 25.6. The Morgan fingerprint density at radius 1 is 0.469 bits per heavy atom. The molecular weight excluding hydrogens is 799 g/mol. The maximum absolute atomic E-state index is 12.8. The third-order valence-electron chi connectivity index (χ3n) is 11.0. The predicted octanol–water partition coefficient (Wildman–Crippen LogP) is 14.9. The molecule has 2 unspecified atom stereocenters. The third-order valence-corrected chi connectivity index (χ3v) is 11.0. The molecule has 366 valence electrons. The van der Waals surface area contributed by atoms with Crippen molar-refractivity contribution in [1.82, 2.24) is 0 Å². The third kappa shape index (κ3) is 43.7. The number of rotatable bonds is 45.